The Labute approximate surface area is 238 Å². The molecule has 226 valence electrons. The van der Waals surface area contributed by atoms with Crippen molar-refractivity contribution in [1.82, 2.24) is 14.6 Å². The van der Waals surface area contributed by atoms with E-state index in [4.69, 9.17) is 24.3 Å². The third-order valence-electron chi connectivity index (χ3n) is 6.31. The number of ether oxygens (including phenoxy) is 2. The summed E-state index contributed by atoms with van der Waals surface area (Å²) < 4.78 is 64.9. The molecule has 42 heavy (non-hydrogen) atoms. The zero-order valence-corrected chi connectivity index (χ0v) is 23.1. The zero-order chi connectivity index (χ0) is 30.5. The van der Waals surface area contributed by atoms with E-state index in [9.17, 15) is 33.1 Å². The van der Waals surface area contributed by atoms with Gasteiger partial charge in [-0.3, -0.25) is 13.9 Å². The molecule has 16 heteroatoms. The molecule has 0 bridgehead atoms. The maximum Gasteiger partial charge on any atom is 0.459 e. The van der Waals surface area contributed by atoms with Gasteiger partial charge in [0.25, 0.3) is 6.43 Å². The fourth-order valence-electron chi connectivity index (χ4n) is 4.05. The minimum absolute atomic E-state index is 0.00501. The Balaban J connectivity index is 1.55. The highest BCUT2D eigenvalue weighted by molar-refractivity contribution is 7.52. The van der Waals surface area contributed by atoms with Gasteiger partial charge in [0.2, 0.25) is 0 Å². The van der Waals surface area contributed by atoms with Crippen LogP contribution in [-0.2, 0) is 30.0 Å². The number of aromatic nitrogens is 2. The molecular formula is C26H29F2N4O9P. The van der Waals surface area contributed by atoms with Crippen LogP contribution in [0.4, 0.5) is 14.6 Å². The second-order valence-corrected chi connectivity index (χ2v) is 11.1. The first kappa shape index (κ1) is 31.2. The number of carbonyl (C=O) groups excluding carboxylic acids is 1. The Bertz CT molecular complexity index is 1470. The number of nitrogens with one attached hydrogen (secondary N) is 1. The number of aliphatic hydroxyl groups excluding tert-OH is 2. The number of hydrogen-bond donors (Lipinski definition) is 4. The van der Waals surface area contributed by atoms with Gasteiger partial charge in [-0.2, -0.15) is 10.1 Å². The van der Waals surface area contributed by atoms with E-state index < -0.39 is 62.5 Å². The number of nitrogens with zero attached hydrogens (tertiary/aromatic N) is 2. The number of nitrogens with two attached hydrogens (primary N) is 1. The maximum atomic E-state index is 14.5. The molecule has 0 radical (unpaired) electrons. The van der Waals surface area contributed by atoms with E-state index in [2.05, 4.69) is 10.1 Å². The van der Waals surface area contributed by atoms with Gasteiger partial charge in [-0.1, -0.05) is 48.5 Å². The molecule has 2 aromatic carbocycles. The normalized spacial score (nSPS) is 24.2. The van der Waals surface area contributed by atoms with Gasteiger partial charge < -0.3 is 29.9 Å². The summed E-state index contributed by atoms with van der Waals surface area (Å²) in [5.74, 6) is -1.03. The molecule has 4 rings (SSSR count). The van der Waals surface area contributed by atoms with Gasteiger partial charge in [0.05, 0.1) is 6.61 Å². The average molecular weight is 611 g/mol. The minimum atomic E-state index is -4.69. The summed E-state index contributed by atoms with van der Waals surface area (Å²) in [5.41, 5.74) is 2.12. The van der Waals surface area contributed by atoms with Crippen molar-refractivity contribution in [2.24, 2.45) is 0 Å². The molecule has 1 aromatic heterocycles. The number of alkyl halides is 2. The van der Waals surface area contributed by atoms with E-state index >= 15 is 0 Å². The largest absolute Gasteiger partial charge is 0.460 e. The van der Waals surface area contributed by atoms with Crippen molar-refractivity contribution < 1.29 is 46.9 Å². The maximum absolute atomic E-state index is 14.5. The molecule has 1 fully saturated rings. The summed E-state index contributed by atoms with van der Waals surface area (Å²) in [6.07, 6.45) is -8.69. The highest BCUT2D eigenvalue weighted by Crippen LogP contribution is 2.49. The standard InChI is InChI=1S/C26H29F2N4O9P/c1-16(23(35)38-14-17-8-4-2-5-9-17)31-42(37,41-18-10-6-3-7-11-18)39-15-26(24(27)28)21(34)20(33)22(40-26)32-13-12-19(29)30-25(32)36/h2-13,16,20-22,24,33-34H,14-15H2,1H3,(H,31,37)(H2,29,30,36). The highest BCUT2D eigenvalue weighted by atomic mass is 31.2. The highest BCUT2D eigenvalue weighted by Gasteiger charge is 2.61. The molecule has 1 saturated heterocycles. The van der Waals surface area contributed by atoms with E-state index in [0.717, 1.165) is 12.3 Å². The van der Waals surface area contributed by atoms with E-state index in [1.165, 1.54) is 19.1 Å². The second-order valence-electron chi connectivity index (χ2n) is 9.36. The molecule has 1 aliphatic rings. The van der Waals surface area contributed by atoms with Crippen LogP contribution in [0, 0.1) is 0 Å². The number of nitrogen functional groups attached to an aromatic ring is 1. The molecule has 13 nitrogen and oxygen atoms in total. The van der Waals surface area contributed by atoms with Crippen LogP contribution in [0.25, 0.3) is 0 Å². The van der Waals surface area contributed by atoms with Gasteiger partial charge in [-0.15, -0.1) is 0 Å². The monoisotopic (exact) mass is 610 g/mol. The summed E-state index contributed by atoms with van der Waals surface area (Å²) in [4.78, 5) is 28.4. The number of para-hydroxylation sites is 1. The number of anilines is 1. The predicted molar refractivity (Wildman–Crippen MR) is 143 cm³/mol. The lowest BCUT2D eigenvalue weighted by Crippen LogP contribution is -2.53. The minimum Gasteiger partial charge on any atom is -0.460 e. The molecule has 1 aliphatic heterocycles. The fourth-order valence-corrected chi connectivity index (χ4v) is 5.58. The quantitative estimate of drug-likeness (QED) is 0.173. The second kappa shape index (κ2) is 13.1. The van der Waals surface area contributed by atoms with Crippen LogP contribution >= 0.6 is 7.75 Å². The molecule has 0 spiro atoms. The third kappa shape index (κ3) is 7.01. The first-order chi connectivity index (χ1) is 19.9. The number of esters is 1. The Kier molecular flexibility index (Phi) is 9.71. The van der Waals surface area contributed by atoms with Crippen molar-refractivity contribution in [3.8, 4) is 5.75 Å². The Morgan fingerprint density at radius 1 is 1.17 bits per heavy atom. The Morgan fingerprint density at radius 2 is 1.81 bits per heavy atom. The number of carbonyl (C=O) groups is 1. The van der Waals surface area contributed by atoms with Crippen molar-refractivity contribution in [1.29, 1.82) is 0 Å². The van der Waals surface area contributed by atoms with Gasteiger partial charge in [0.1, 0.15) is 36.4 Å². The summed E-state index contributed by atoms with van der Waals surface area (Å²) in [5, 5.41) is 23.6. The number of aliphatic hydroxyl groups is 2. The van der Waals surface area contributed by atoms with Crippen LogP contribution in [0.2, 0.25) is 0 Å². The molecule has 0 amide bonds. The van der Waals surface area contributed by atoms with Crippen molar-refractivity contribution >= 4 is 19.5 Å². The smallest absolute Gasteiger partial charge is 0.459 e. The van der Waals surface area contributed by atoms with Crippen molar-refractivity contribution in [3.63, 3.8) is 0 Å². The van der Waals surface area contributed by atoms with E-state index in [-0.39, 0.29) is 18.2 Å². The van der Waals surface area contributed by atoms with Crippen molar-refractivity contribution in [2.45, 2.75) is 50.0 Å². The summed E-state index contributed by atoms with van der Waals surface area (Å²) in [7, 11) is -4.69. The van der Waals surface area contributed by atoms with Crippen LogP contribution < -0.4 is 21.0 Å². The van der Waals surface area contributed by atoms with Crippen molar-refractivity contribution in [2.75, 3.05) is 12.3 Å². The first-order valence-electron chi connectivity index (χ1n) is 12.6. The van der Waals surface area contributed by atoms with Crippen LogP contribution in [0.5, 0.6) is 5.75 Å². The zero-order valence-electron chi connectivity index (χ0n) is 22.2. The van der Waals surface area contributed by atoms with E-state index in [1.807, 2.05) is 0 Å². The number of halogens is 2. The summed E-state index contributed by atoms with van der Waals surface area (Å²) in [6.45, 7) is -0.106. The molecule has 2 heterocycles. The van der Waals surface area contributed by atoms with Gasteiger partial charge in [0.15, 0.2) is 11.8 Å². The van der Waals surface area contributed by atoms with Crippen molar-refractivity contribution in [3.05, 3.63) is 89.0 Å². The predicted octanol–water partition coefficient (Wildman–Crippen LogP) is 2.01. The number of benzene rings is 2. The van der Waals surface area contributed by atoms with Crippen LogP contribution in [0.15, 0.2) is 77.7 Å². The molecule has 6 unspecified atom stereocenters. The molecule has 3 aromatic rings. The Hall–Kier alpha value is -3.72. The lowest BCUT2D eigenvalue weighted by molar-refractivity contribution is -0.192. The number of hydrogen-bond acceptors (Lipinski definition) is 11. The topological polar surface area (TPSA) is 184 Å². The summed E-state index contributed by atoms with van der Waals surface area (Å²) >= 11 is 0. The third-order valence-corrected chi connectivity index (χ3v) is 7.93. The molecule has 5 N–H and O–H groups in total. The van der Waals surface area contributed by atoms with Crippen LogP contribution in [0.1, 0.15) is 18.7 Å². The Morgan fingerprint density at radius 3 is 2.43 bits per heavy atom. The molecule has 0 saturated carbocycles. The molecular weight excluding hydrogens is 581 g/mol. The average Bonchev–Trinajstić information content (AvgIpc) is 3.22. The van der Waals surface area contributed by atoms with Gasteiger partial charge in [-0.25, -0.2) is 18.1 Å². The van der Waals surface area contributed by atoms with Crippen LogP contribution in [-0.4, -0.2) is 62.6 Å². The molecule has 6 atom stereocenters. The van der Waals surface area contributed by atoms with Gasteiger partial charge in [-0.05, 0) is 30.7 Å². The van der Waals surface area contributed by atoms with Crippen LogP contribution in [0.3, 0.4) is 0 Å². The van der Waals surface area contributed by atoms with E-state index in [1.54, 1.807) is 48.5 Å². The lowest BCUT2D eigenvalue weighted by atomic mass is 9.96. The fraction of sp³-hybridized carbons (Fsp3) is 0.346. The van der Waals surface area contributed by atoms with Gasteiger partial charge >= 0.3 is 19.4 Å². The summed E-state index contributed by atoms with van der Waals surface area (Å²) in [6, 6.07) is 16.1. The first-order valence-corrected chi connectivity index (χ1v) is 14.1. The lowest BCUT2D eigenvalue weighted by Gasteiger charge is -2.32. The van der Waals surface area contributed by atoms with E-state index in [0.29, 0.717) is 10.1 Å². The SMILES string of the molecule is CC(NP(=O)(OCC1(C(F)F)OC(n2ccc(N)nc2=O)C(O)C1O)Oc1ccccc1)C(=O)OCc1ccccc1. The van der Waals surface area contributed by atoms with Gasteiger partial charge in [0, 0.05) is 6.20 Å². The molecule has 0 aliphatic carbocycles. The number of rotatable bonds is 12.